The smallest absolute Gasteiger partial charge is 0.250 e. The van der Waals surface area contributed by atoms with E-state index in [0.717, 1.165) is 40.5 Å². The van der Waals surface area contributed by atoms with Crippen molar-refractivity contribution in [2.75, 3.05) is 18.6 Å². The minimum atomic E-state index is -0.0679. The zero-order valence-corrected chi connectivity index (χ0v) is 12.7. The van der Waals surface area contributed by atoms with Crippen molar-refractivity contribution >= 4 is 17.2 Å². The maximum absolute atomic E-state index is 11.8. The Balaban J connectivity index is 1.74. The standard InChI is InChI=1S/C19H16N2O2/c1-23-15-9-7-14(8-10-15)21-12-16(13-5-3-2-4-6-13)19-17(21)11-18(22)20-19/h2-11H,12H2,1H3,(H,20,22). The van der Waals surface area contributed by atoms with Gasteiger partial charge >= 0.3 is 0 Å². The van der Waals surface area contributed by atoms with Gasteiger partial charge < -0.3 is 15.0 Å². The van der Waals surface area contributed by atoms with Crippen LogP contribution in [-0.4, -0.2) is 19.6 Å². The van der Waals surface area contributed by atoms with E-state index >= 15 is 0 Å². The van der Waals surface area contributed by atoms with E-state index in [4.69, 9.17) is 4.74 Å². The first-order valence-corrected chi connectivity index (χ1v) is 7.49. The molecule has 114 valence electrons. The van der Waals surface area contributed by atoms with Crippen LogP contribution in [0.2, 0.25) is 0 Å². The first kappa shape index (κ1) is 13.6. The highest BCUT2D eigenvalue weighted by atomic mass is 16.5. The van der Waals surface area contributed by atoms with E-state index in [1.807, 2.05) is 42.5 Å². The number of fused-ring (bicyclic) bond motifs is 1. The number of nitrogens with one attached hydrogen (secondary N) is 1. The highest BCUT2D eigenvalue weighted by Gasteiger charge is 2.33. The topological polar surface area (TPSA) is 41.6 Å². The number of ether oxygens (including phenoxy) is 1. The average molecular weight is 304 g/mol. The second-order valence-corrected chi connectivity index (χ2v) is 5.52. The molecule has 2 aliphatic heterocycles. The largest absolute Gasteiger partial charge is 0.497 e. The van der Waals surface area contributed by atoms with Gasteiger partial charge in [-0.25, -0.2) is 0 Å². The molecule has 2 aromatic carbocycles. The fraction of sp³-hybridized carbons (Fsp3) is 0.105. The molecule has 2 aliphatic rings. The number of methoxy groups -OCH3 is 1. The molecule has 0 atom stereocenters. The van der Waals surface area contributed by atoms with Gasteiger partial charge in [0.25, 0.3) is 5.91 Å². The Hall–Kier alpha value is -3.01. The van der Waals surface area contributed by atoms with Gasteiger partial charge in [0.1, 0.15) is 5.75 Å². The maximum Gasteiger partial charge on any atom is 0.250 e. The summed E-state index contributed by atoms with van der Waals surface area (Å²) < 4.78 is 5.22. The molecule has 1 amide bonds. The van der Waals surface area contributed by atoms with Gasteiger partial charge in [-0.2, -0.15) is 0 Å². The SMILES string of the molecule is COc1ccc(N2CC(c3ccccc3)=C3NC(=O)C=C32)cc1. The Morgan fingerprint density at radius 1 is 1.04 bits per heavy atom. The fourth-order valence-corrected chi connectivity index (χ4v) is 3.05. The number of amides is 1. The molecular weight excluding hydrogens is 288 g/mol. The van der Waals surface area contributed by atoms with Crippen molar-refractivity contribution < 1.29 is 9.53 Å². The molecule has 2 aromatic rings. The van der Waals surface area contributed by atoms with Crippen LogP contribution in [0.15, 0.2) is 72.1 Å². The summed E-state index contributed by atoms with van der Waals surface area (Å²) in [5.41, 5.74) is 5.15. The highest BCUT2D eigenvalue weighted by Crippen LogP contribution is 2.38. The summed E-state index contributed by atoms with van der Waals surface area (Å²) in [4.78, 5) is 14.0. The van der Waals surface area contributed by atoms with E-state index in [1.54, 1.807) is 13.2 Å². The van der Waals surface area contributed by atoms with E-state index < -0.39 is 0 Å². The van der Waals surface area contributed by atoms with Crippen molar-refractivity contribution in [2.24, 2.45) is 0 Å². The molecule has 4 nitrogen and oxygen atoms in total. The van der Waals surface area contributed by atoms with Crippen molar-refractivity contribution in [3.8, 4) is 5.75 Å². The van der Waals surface area contributed by atoms with Gasteiger partial charge in [0.15, 0.2) is 0 Å². The van der Waals surface area contributed by atoms with Gasteiger partial charge in [-0.3, -0.25) is 4.79 Å². The van der Waals surface area contributed by atoms with Crippen molar-refractivity contribution in [1.29, 1.82) is 0 Å². The molecule has 0 aliphatic carbocycles. The number of rotatable bonds is 3. The number of nitrogens with zero attached hydrogens (tertiary/aromatic N) is 1. The summed E-state index contributed by atoms with van der Waals surface area (Å²) in [6.07, 6.45) is 1.66. The number of benzene rings is 2. The molecule has 1 N–H and O–H groups in total. The molecule has 0 spiro atoms. The second-order valence-electron chi connectivity index (χ2n) is 5.52. The lowest BCUT2D eigenvalue weighted by Gasteiger charge is -2.20. The maximum atomic E-state index is 11.8. The highest BCUT2D eigenvalue weighted by molar-refractivity contribution is 6.01. The van der Waals surface area contributed by atoms with Gasteiger partial charge in [-0.1, -0.05) is 30.3 Å². The Morgan fingerprint density at radius 2 is 1.78 bits per heavy atom. The summed E-state index contributed by atoms with van der Waals surface area (Å²) in [5, 5.41) is 2.97. The molecule has 0 radical (unpaired) electrons. The van der Waals surface area contributed by atoms with Crippen LogP contribution in [0.3, 0.4) is 0 Å². The lowest BCUT2D eigenvalue weighted by molar-refractivity contribution is -0.115. The number of anilines is 1. The molecule has 23 heavy (non-hydrogen) atoms. The molecule has 4 heteroatoms. The summed E-state index contributed by atoms with van der Waals surface area (Å²) in [6, 6.07) is 18.0. The number of hydrogen-bond donors (Lipinski definition) is 1. The van der Waals surface area contributed by atoms with Crippen molar-refractivity contribution in [1.82, 2.24) is 5.32 Å². The lowest BCUT2D eigenvalue weighted by atomic mass is 10.1. The van der Waals surface area contributed by atoms with Gasteiger partial charge in [0.2, 0.25) is 0 Å². The van der Waals surface area contributed by atoms with Crippen molar-refractivity contribution in [3.63, 3.8) is 0 Å². The molecule has 0 fully saturated rings. The second kappa shape index (κ2) is 5.32. The van der Waals surface area contributed by atoms with Crippen LogP contribution in [-0.2, 0) is 4.79 Å². The monoisotopic (exact) mass is 304 g/mol. The molecule has 4 rings (SSSR count). The quantitative estimate of drug-likeness (QED) is 0.948. The average Bonchev–Trinajstić information content (AvgIpc) is 3.13. The van der Waals surface area contributed by atoms with E-state index in [9.17, 15) is 4.79 Å². The van der Waals surface area contributed by atoms with Gasteiger partial charge in [0.05, 0.1) is 25.0 Å². The molecule has 0 unspecified atom stereocenters. The van der Waals surface area contributed by atoms with Crippen LogP contribution in [0.1, 0.15) is 5.56 Å². The van der Waals surface area contributed by atoms with Crippen LogP contribution in [0.4, 0.5) is 5.69 Å². The third-order valence-electron chi connectivity index (χ3n) is 4.19. The summed E-state index contributed by atoms with van der Waals surface area (Å²) >= 11 is 0. The van der Waals surface area contributed by atoms with Crippen LogP contribution in [0.5, 0.6) is 5.75 Å². The Labute approximate surface area is 134 Å². The Kier molecular flexibility index (Phi) is 3.15. The molecule has 2 heterocycles. The summed E-state index contributed by atoms with van der Waals surface area (Å²) in [6.45, 7) is 0.734. The third kappa shape index (κ3) is 2.28. The molecule has 0 saturated heterocycles. The van der Waals surface area contributed by atoms with E-state index in [0.29, 0.717) is 0 Å². The first-order valence-electron chi connectivity index (χ1n) is 7.49. The van der Waals surface area contributed by atoms with Gasteiger partial charge in [-0.05, 0) is 29.8 Å². The molecule has 0 aromatic heterocycles. The number of hydrogen-bond acceptors (Lipinski definition) is 3. The number of carbonyl (C=O) groups is 1. The van der Waals surface area contributed by atoms with E-state index in [1.165, 1.54) is 0 Å². The van der Waals surface area contributed by atoms with E-state index in [-0.39, 0.29) is 5.91 Å². The Morgan fingerprint density at radius 3 is 2.48 bits per heavy atom. The zero-order valence-electron chi connectivity index (χ0n) is 12.7. The molecule has 0 bridgehead atoms. The zero-order chi connectivity index (χ0) is 15.8. The summed E-state index contributed by atoms with van der Waals surface area (Å²) in [7, 11) is 1.65. The van der Waals surface area contributed by atoms with Crippen LogP contribution >= 0.6 is 0 Å². The summed E-state index contributed by atoms with van der Waals surface area (Å²) in [5.74, 6) is 0.751. The third-order valence-corrected chi connectivity index (χ3v) is 4.19. The molecular formula is C19H16N2O2. The van der Waals surface area contributed by atoms with Crippen molar-refractivity contribution in [3.05, 3.63) is 77.6 Å². The van der Waals surface area contributed by atoms with Gasteiger partial charge in [0, 0.05) is 17.3 Å². The number of carbonyl (C=O) groups excluding carboxylic acids is 1. The predicted octanol–water partition coefficient (Wildman–Crippen LogP) is 2.94. The minimum absolute atomic E-state index is 0.0679. The normalized spacial score (nSPS) is 16.3. The van der Waals surface area contributed by atoms with E-state index in [2.05, 4.69) is 22.3 Å². The molecule has 0 saturated carbocycles. The van der Waals surface area contributed by atoms with Crippen LogP contribution in [0, 0.1) is 0 Å². The van der Waals surface area contributed by atoms with Crippen LogP contribution < -0.4 is 15.0 Å². The predicted molar refractivity (Wildman–Crippen MR) is 89.9 cm³/mol. The minimum Gasteiger partial charge on any atom is -0.497 e. The van der Waals surface area contributed by atoms with Crippen molar-refractivity contribution in [2.45, 2.75) is 0 Å². The van der Waals surface area contributed by atoms with Gasteiger partial charge in [-0.15, -0.1) is 0 Å². The van der Waals surface area contributed by atoms with Crippen LogP contribution in [0.25, 0.3) is 5.57 Å². The Bertz CT molecular complexity index is 820. The lowest BCUT2D eigenvalue weighted by Crippen LogP contribution is -2.18. The fourth-order valence-electron chi connectivity index (χ4n) is 3.05. The first-order chi connectivity index (χ1) is 11.3.